The van der Waals surface area contributed by atoms with Crippen molar-refractivity contribution >= 4 is 22.5 Å². The van der Waals surface area contributed by atoms with Gasteiger partial charge in [-0.25, -0.2) is 4.99 Å². The number of aliphatic imine (C=N–C) groups is 1. The zero-order valence-electron chi connectivity index (χ0n) is 7.68. The van der Waals surface area contributed by atoms with Gasteiger partial charge in [0.1, 0.15) is 5.75 Å². The van der Waals surface area contributed by atoms with Crippen molar-refractivity contribution in [3.05, 3.63) is 24.3 Å². The van der Waals surface area contributed by atoms with Gasteiger partial charge in [-0.1, -0.05) is 11.6 Å². The van der Waals surface area contributed by atoms with Crippen molar-refractivity contribution in [2.24, 2.45) is 4.99 Å². The number of alkyl halides is 3. The first-order valence-electron chi connectivity index (χ1n) is 3.89. The first-order chi connectivity index (χ1) is 6.93. The molecule has 0 aliphatic heterocycles. The molecule has 0 atom stereocenters. The maximum atomic E-state index is 12.0. The zero-order valence-corrected chi connectivity index (χ0v) is 8.43. The number of halogens is 4. The van der Waals surface area contributed by atoms with E-state index in [1.807, 2.05) is 0 Å². The maximum Gasteiger partial charge on any atom is 0.444 e. The van der Waals surface area contributed by atoms with E-state index in [1.54, 1.807) is 0 Å². The fourth-order valence-corrected chi connectivity index (χ4v) is 0.931. The highest BCUT2D eigenvalue weighted by atomic mass is 35.5. The molecule has 1 aromatic rings. The molecule has 0 heterocycles. The number of nitrogens with zero attached hydrogens (tertiary/aromatic N) is 1. The molecule has 0 saturated carbocycles. The second-order valence-corrected chi connectivity index (χ2v) is 2.96. The highest BCUT2D eigenvalue weighted by Gasteiger charge is 2.34. The van der Waals surface area contributed by atoms with Crippen LogP contribution in [0, 0.1) is 0 Å². The van der Waals surface area contributed by atoms with E-state index in [-0.39, 0.29) is 5.69 Å². The highest BCUT2D eigenvalue weighted by Crippen LogP contribution is 2.24. The Labute approximate surface area is 89.3 Å². The summed E-state index contributed by atoms with van der Waals surface area (Å²) in [4.78, 5) is 3.21. The number of hydrogen-bond donors (Lipinski definition) is 0. The SMILES string of the molecule is COc1ccc(N=C(Cl)C(F)(F)F)cc1. The molecule has 0 radical (unpaired) electrons. The fraction of sp³-hybridized carbons (Fsp3) is 0.222. The normalized spacial score (nSPS) is 12.7. The van der Waals surface area contributed by atoms with Gasteiger partial charge in [-0.2, -0.15) is 13.2 Å². The lowest BCUT2D eigenvalue weighted by Crippen LogP contribution is -2.16. The van der Waals surface area contributed by atoms with Crippen LogP contribution in [0.5, 0.6) is 5.75 Å². The Bertz CT molecular complexity index is 359. The van der Waals surface area contributed by atoms with E-state index in [2.05, 4.69) is 4.99 Å². The smallest absolute Gasteiger partial charge is 0.444 e. The topological polar surface area (TPSA) is 21.6 Å². The van der Waals surface area contributed by atoms with Crippen LogP contribution in [0.15, 0.2) is 29.3 Å². The number of methoxy groups -OCH3 is 1. The molecular formula is C9H7ClF3NO. The summed E-state index contributed by atoms with van der Waals surface area (Å²) < 4.78 is 40.8. The molecule has 0 unspecified atom stereocenters. The Kier molecular flexibility index (Phi) is 3.57. The molecule has 82 valence electrons. The second-order valence-electron chi connectivity index (χ2n) is 2.60. The second kappa shape index (κ2) is 4.53. The Morgan fingerprint density at radius 3 is 2.20 bits per heavy atom. The van der Waals surface area contributed by atoms with Crippen molar-refractivity contribution in [3.63, 3.8) is 0 Å². The third-order valence-corrected chi connectivity index (χ3v) is 1.83. The van der Waals surface area contributed by atoms with E-state index in [4.69, 9.17) is 16.3 Å². The van der Waals surface area contributed by atoms with Crippen molar-refractivity contribution in [1.29, 1.82) is 0 Å². The molecule has 6 heteroatoms. The standard InChI is InChI=1S/C9H7ClF3NO/c1-15-7-4-2-6(3-5-7)14-8(10)9(11,12)13/h2-5H,1H3. The number of hydrogen-bond acceptors (Lipinski definition) is 2. The molecule has 0 aliphatic rings. The summed E-state index contributed by atoms with van der Waals surface area (Å²) in [5.41, 5.74) is 0.123. The van der Waals surface area contributed by atoms with E-state index < -0.39 is 11.3 Å². The van der Waals surface area contributed by atoms with Gasteiger partial charge in [0.25, 0.3) is 0 Å². The summed E-state index contributed by atoms with van der Waals surface area (Å²) in [6.45, 7) is 0. The van der Waals surface area contributed by atoms with Gasteiger partial charge in [0.15, 0.2) is 0 Å². The van der Waals surface area contributed by atoms with Crippen molar-refractivity contribution in [3.8, 4) is 5.75 Å². The third-order valence-electron chi connectivity index (χ3n) is 1.53. The largest absolute Gasteiger partial charge is 0.497 e. The van der Waals surface area contributed by atoms with Crippen molar-refractivity contribution in [2.75, 3.05) is 7.11 Å². The Morgan fingerprint density at radius 2 is 1.80 bits per heavy atom. The molecule has 1 aromatic carbocycles. The lowest BCUT2D eigenvalue weighted by Gasteiger charge is -2.03. The molecule has 0 aromatic heterocycles. The summed E-state index contributed by atoms with van der Waals surface area (Å²) in [5.74, 6) is 0.539. The van der Waals surface area contributed by atoms with Gasteiger partial charge < -0.3 is 4.74 Å². The third kappa shape index (κ3) is 3.43. The summed E-state index contributed by atoms with van der Waals surface area (Å²) in [6, 6.07) is 5.76. The fourth-order valence-electron chi connectivity index (χ4n) is 0.833. The minimum Gasteiger partial charge on any atom is -0.497 e. The zero-order chi connectivity index (χ0) is 11.5. The van der Waals surface area contributed by atoms with Gasteiger partial charge in [0.2, 0.25) is 5.17 Å². The van der Waals surface area contributed by atoms with Crippen LogP contribution in [0.25, 0.3) is 0 Å². The molecule has 0 N–H and O–H groups in total. The molecule has 0 spiro atoms. The van der Waals surface area contributed by atoms with Crippen LogP contribution in [0.1, 0.15) is 0 Å². The molecule has 2 nitrogen and oxygen atoms in total. The highest BCUT2D eigenvalue weighted by molar-refractivity contribution is 6.67. The summed E-state index contributed by atoms with van der Waals surface area (Å²) in [5, 5.41) is -1.40. The summed E-state index contributed by atoms with van der Waals surface area (Å²) >= 11 is 4.96. The van der Waals surface area contributed by atoms with Crippen LogP contribution in [0.2, 0.25) is 0 Å². The Balaban J connectivity index is 2.89. The van der Waals surface area contributed by atoms with E-state index >= 15 is 0 Å². The first-order valence-corrected chi connectivity index (χ1v) is 4.26. The van der Waals surface area contributed by atoms with Gasteiger partial charge >= 0.3 is 6.18 Å². The van der Waals surface area contributed by atoms with Crippen LogP contribution >= 0.6 is 11.6 Å². The van der Waals surface area contributed by atoms with Gasteiger partial charge in [0.05, 0.1) is 12.8 Å². The minimum atomic E-state index is -4.61. The molecule has 15 heavy (non-hydrogen) atoms. The molecular weight excluding hydrogens is 231 g/mol. The van der Waals surface area contributed by atoms with Crippen LogP contribution in [0.3, 0.4) is 0 Å². The van der Waals surface area contributed by atoms with E-state index in [9.17, 15) is 13.2 Å². The van der Waals surface area contributed by atoms with Gasteiger partial charge in [0, 0.05) is 0 Å². The lowest BCUT2D eigenvalue weighted by molar-refractivity contribution is -0.0558. The molecule has 0 amide bonds. The predicted molar refractivity (Wildman–Crippen MR) is 52.0 cm³/mol. The minimum absolute atomic E-state index is 0.123. The van der Waals surface area contributed by atoms with E-state index in [1.165, 1.54) is 31.4 Å². The molecule has 0 bridgehead atoms. The van der Waals surface area contributed by atoms with Crippen molar-refractivity contribution in [1.82, 2.24) is 0 Å². The molecule has 0 fully saturated rings. The van der Waals surface area contributed by atoms with Crippen LogP contribution in [0.4, 0.5) is 18.9 Å². The Morgan fingerprint density at radius 1 is 1.27 bits per heavy atom. The molecule has 0 saturated heterocycles. The van der Waals surface area contributed by atoms with Crippen molar-refractivity contribution in [2.45, 2.75) is 6.18 Å². The van der Waals surface area contributed by atoms with Gasteiger partial charge in [-0.15, -0.1) is 0 Å². The predicted octanol–water partition coefficient (Wildman–Crippen LogP) is 3.53. The quantitative estimate of drug-likeness (QED) is 0.721. The average Bonchev–Trinajstić information content (AvgIpc) is 2.17. The van der Waals surface area contributed by atoms with Crippen LogP contribution < -0.4 is 4.74 Å². The lowest BCUT2D eigenvalue weighted by atomic mass is 10.3. The van der Waals surface area contributed by atoms with Crippen molar-refractivity contribution < 1.29 is 17.9 Å². The number of rotatable bonds is 2. The average molecular weight is 238 g/mol. The van der Waals surface area contributed by atoms with E-state index in [0.29, 0.717) is 5.75 Å². The van der Waals surface area contributed by atoms with Crippen LogP contribution in [-0.2, 0) is 0 Å². The summed E-state index contributed by atoms with van der Waals surface area (Å²) in [7, 11) is 1.46. The monoisotopic (exact) mass is 237 g/mol. The molecule has 0 aliphatic carbocycles. The van der Waals surface area contributed by atoms with Crippen LogP contribution in [-0.4, -0.2) is 18.5 Å². The molecule has 1 rings (SSSR count). The maximum absolute atomic E-state index is 12.0. The summed E-state index contributed by atoms with van der Waals surface area (Å²) in [6.07, 6.45) is -4.61. The van der Waals surface area contributed by atoms with Gasteiger partial charge in [-0.05, 0) is 24.3 Å². The number of benzene rings is 1. The number of ether oxygens (including phenoxy) is 1. The Hall–Kier alpha value is -1.23. The van der Waals surface area contributed by atoms with Gasteiger partial charge in [-0.3, -0.25) is 0 Å². The first kappa shape index (κ1) is 11.8. The van der Waals surface area contributed by atoms with E-state index in [0.717, 1.165) is 0 Å².